The number of rotatable bonds is 6. The lowest BCUT2D eigenvalue weighted by atomic mass is 10.1. The number of nitro benzene ring substituents is 1. The van der Waals surface area contributed by atoms with Crippen LogP contribution in [-0.2, 0) is 11.3 Å². The van der Waals surface area contributed by atoms with Crippen LogP contribution in [-0.4, -0.2) is 28.4 Å². The van der Waals surface area contributed by atoms with Crippen molar-refractivity contribution in [2.45, 2.75) is 27.3 Å². The Labute approximate surface area is 144 Å². The monoisotopic (exact) mass is 345 g/mol. The van der Waals surface area contributed by atoms with Gasteiger partial charge in [-0.15, -0.1) is 0 Å². The summed E-state index contributed by atoms with van der Waals surface area (Å²) < 4.78 is 4.99. The van der Waals surface area contributed by atoms with E-state index in [1.54, 1.807) is 39.0 Å². The zero-order chi connectivity index (χ0) is 18.6. The molecule has 132 valence electrons. The van der Waals surface area contributed by atoms with Gasteiger partial charge in [0.05, 0.1) is 17.1 Å². The average Bonchev–Trinajstić information content (AvgIpc) is 2.87. The van der Waals surface area contributed by atoms with Gasteiger partial charge in [-0.3, -0.25) is 14.9 Å². The Morgan fingerprint density at radius 3 is 2.60 bits per heavy atom. The number of aromatic amines is 1. The summed E-state index contributed by atoms with van der Waals surface area (Å²) in [6.07, 6.45) is 0. The molecular formula is C17H19N3O5. The number of carbonyl (C=O) groups excluding carboxylic acids is 2. The summed E-state index contributed by atoms with van der Waals surface area (Å²) in [5.41, 5.74) is 1.92. The Morgan fingerprint density at radius 2 is 1.96 bits per heavy atom. The molecule has 0 radical (unpaired) electrons. The number of ether oxygens (including phenoxy) is 1. The van der Waals surface area contributed by atoms with E-state index >= 15 is 0 Å². The summed E-state index contributed by atoms with van der Waals surface area (Å²) >= 11 is 0. The number of para-hydroxylation sites is 1. The molecule has 1 aromatic heterocycles. The van der Waals surface area contributed by atoms with Crippen LogP contribution in [0.25, 0.3) is 0 Å². The van der Waals surface area contributed by atoms with Gasteiger partial charge in [-0.25, -0.2) is 4.79 Å². The van der Waals surface area contributed by atoms with Crippen LogP contribution in [0.1, 0.15) is 44.6 Å². The Kier molecular flexibility index (Phi) is 5.53. The van der Waals surface area contributed by atoms with Crippen LogP contribution in [0.2, 0.25) is 0 Å². The lowest BCUT2D eigenvalue weighted by Crippen LogP contribution is -2.24. The molecule has 0 aliphatic carbocycles. The summed E-state index contributed by atoms with van der Waals surface area (Å²) in [4.78, 5) is 37.8. The minimum absolute atomic E-state index is 0.00222. The van der Waals surface area contributed by atoms with E-state index < -0.39 is 16.8 Å². The summed E-state index contributed by atoms with van der Waals surface area (Å²) in [6, 6.07) is 6.19. The molecule has 2 N–H and O–H groups in total. The van der Waals surface area contributed by atoms with Gasteiger partial charge in [-0.05, 0) is 26.3 Å². The SMILES string of the molecule is CCOC(=O)c1c(C)[nH]c(C(=O)NCc2ccccc2[N+](=O)[O-])c1C. The molecule has 1 heterocycles. The quantitative estimate of drug-likeness (QED) is 0.474. The number of hydrogen-bond acceptors (Lipinski definition) is 5. The van der Waals surface area contributed by atoms with Gasteiger partial charge in [-0.1, -0.05) is 18.2 Å². The van der Waals surface area contributed by atoms with Crippen molar-refractivity contribution in [2.24, 2.45) is 0 Å². The molecule has 0 aliphatic rings. The van der Waals surface area contributed by atoms with Gasteiger partial charge in [-0.2, -0.15) is 0 Å². The lowest BCUT2D eigenvalue weighted by Gasteiger charge is -2.06. The van der Waals surface area contributed by atoms with Crippen molar-refractivity contribution in [1.82, 2.24) is 10.3 Å². The van der Waals surface area contributed by atoms with Crippen molar-refractivity contribution in [2.75, 3.05) is 6.61 Å². The molecule has 0 fully saturated rings. The molecular weight excluding hydrogens is 326 g/mol. The number of amides is 1. The Hall–Kier alpha value is -3.16. The highest BCUT2D eigenvalue weighted by molar-refractivity contribution is 6.00. The van der Waals surface area contributed by atoms with Gasteiger partial charge >= 0.3 is 5.97 Å². The molecule has 0 saturated heterocycles. The maximum Gasteiger partial charge on any atom is 0.340 e. The first kappa shape index (κ1) is 18.2. The van der Waals surface area contributed by atoms with E-state index in [1.807, 2.05) is 0 Å². The molecule has 0 atom stereocenters. The van der Waals surface area contributed by atoms with Crippen LogP contribution in [0, 0.1) is 24.0 Å². The van der Waals surface area contributed by atoms with Gasteiger partial charge in [0.15, 0.2) is 0 Å². The van der Waals surface area contributed by atoms with E-state index in [0.29, 0.717) is 22.4 Å². The fraction of sp³-hybridized carbons (Fsp3) is 0.294. The van der Waals surface area contributed by atoms with Crippen LogP contribution < -0.4 is 5.32 Å². The Bertz CT molecular complexity index is 826. The maximum atomic E-state index is 12.4. The molecule has 1 aromatic carbocycles. The second kappa shape index (κ2) is 7.61. The molecule has 2 aromatic rings. The van der Waals surface area contributed by atoms with Gasteiger partial charge in [0.25, 0.3) is 11.6 Å². The van der Waals surface area contributed by atoms with E-state index in [-0.39, 0.29) is 24.5 Å². The number of nitro groups is 1. The maximum absolute atomic E-state index is 12.4. The number of nitrogens with one attached hydrogen (secondary N) is 2. The van der Waals surface area contributed by atoms with E-state index in [1.165, 1.54) is 6.07 Å². The third kappa shape index (κ3) is 3.85. The third-order valence-corrected chi connectivity index (χ3v) is 3.77. The molecule has 0 saturated carbocycles. The zero-order valence-electron chi connectivity index (χ0n) is 14.2. The number of benzene rings is 1. The fourth-order valence-electron chi connectivity index (χ4n) is 2.59. The Morgan fingerprint density at radius 1 is 1.28 bits per heavy atom. The van der Waals surface area contributed by atoms with Crippen molar-refractivity contribution in [3.63, 3.8) is 0 Å². The lowest BCUT2D eigenvalue weighted by molar-refractivity contribution is -0.385. The van der Waals surface area contributed by atoms with Crippen LogP contribution in [0.4, 0.5) is 5.69 Å². The van der Waals surface area contributed by atoms with Crippen molar-refractivity contribution in [3.8, 4) is 0 Å². The van der Waals surface area contributed by atoms with Crippen LogP contribution in [0.15, 0.2) is 24.3 Å². The molecule has 0 spiro atoms. The van der Waals surface area contributed by atoms with Gasteiger partial charge < -0.3 is 15.0 Å². The van der Waals surface area contributed by atoms with Gasteiger partial charge in [0, 0.05) is 23.9 Å². The number of hydrogen-bond donors (Lipinski definition) is 2. The largest absolute Gasteiger partial charge is 0.462 e. The molecule has 0 unspecified atom stereocenters. The van der Waals surface area contributed by atoms with Crippen LogP contribution >= 0.6 is 0 Å². The second-order valence-corrected chi connectivity index (χ2v) is 5.41. The second-order valence-electron chi connectivity index (χ2n) is 5.41. The highest BCUT2D eigenvalue weighted by Gasteiger charge is 2.23. The number of esters is 1. The minimum Gasteiger partial charge on any atom is -0.462 e. The molecule has 0 bridgehead atoms. The fourth-order valence-corrected chi connectivity index (χ4v) is 2.59. The summed E-state index contributed by atoms with van der Waals surface area (Å²) in [7, 11) is 0. The van der Waals surface area contributed by atoms with Crippen molar-refractivity contribution in [1.29, 1.82) is 0 Å². The summed E-state index contributed by atoms with van der Waals surface area (Å²) in [5, 5.41) is 13.6. The number of H-pyrrole nitrogens is 1. The molecule has 8 heteroatoms. The molecule has 8 nitrogen and oxygen atoms in total. The number of aryl methyl sites for hydroxylation is 1. The zero-order valence-corrected chi connectivity index (χ0v) is 14.2. The van der Waals surface area contributed by atoms with Crippen LogP contribution in [0.5, 0.6) is 0 Å². The van der Waals surface area contributed by atoms with Crippen LogP contribution in [0.3, 0.4) is 0 Å². The topological polar surface area (TPSA) is 114 Å². The van der Waals surface area contributed by atoms with Gasteiger partial charge in [0.2, 0.25) is 0 Å². The van der Waals surface area contributed by atoms with E-state index in [0.717, 1.165) is 0 Å². The number of carbonyl (C=O) groups is 2. The average molecular weight is 345 g/mol. The van der Waals surface area contributed by atoms with Crippen molar-refractivity contribution < 1.29 is 19.2 Å². The normalized spacial score (nSPS) is 10.4. The number of nitrogens with zero attached hydrogens (tertiary/aromatic N) is 1. The third-order valence-electron chi connectivity index (χ3n) is 3.77. The van der Waals surface area contributed by atoms with Crippen molar-refractivity contribution >= 4 is 17.6 Å². The predicted octanol–water partition coefficient (Wildman–Crippen LogP) is 2.65. The summed E-state index contributed by atoms with van der Waals surface area (Å²) in [6.45, 7) is 5.27. The van der Waals surface area contributed by atoms with Crippen molar-refractivity contribution in [3.05, 3.63) is 62.5 Å². The van der Waals surface area contributed by atoms with E-state index in [2.05, 4.69) is 10.3 Å². The summed E-state index contributed by atoms with van der Waals surface area (Å²) in [5.74, 6) is -0.944. The van der Waals surface area contributed by atoms with E-state index in [9.17, 15) is 19.7 Å². The van der Waals surface area contributed by atoms with Gasteiger partial charge in [0.1, 0.15) is 5.69 Å². The Balaban J connectivity index is 2.19. The standard InChI is InChI=1S/C17H19N3O5/c1-4-25-17(22)14-10(2)15(19-11(14)3)16(21)18-9-12-7-5-6-8-13(12)20(23)24/h5-8,19H,4,9H2,1-3H3,(H,18,21). The molecule has 0 aliphatic heterocycles. The smallest absolute Gasteiger partial charge is 0.340 e. The minimum atomic E-state index is -0.496. The highest BCUT2D eigenvalue weighted by Crippen LogP contribution is 2.20. The first-order valence-corrected chi connectivity index (χ1v) is 7.73. The molecule has 2 rings (SSSR count). The first-order valence-electron chi connectivity index (χ1n) is 7.73. The highest BCUT2D eigenvalue weighted by atomic mass is 16.6. The molecule has 25 heavy (non-hydrogen) atoms. The van der Waals surface area contributed by atoms with E-state index in [4.69, 9.17) is 4.74 Å². The molecule has 1 amide bonds. The first-order chi connectivity index (χ1) is 11.9. The number of aromatic nitrogens is 1. The predicted molar refractivity (Wildman–Crippen MR) is 90.5 cm³/mol.